The van der Waals surface area contributed by atoms with Crippen LogP contribution in [0.15, 0.2) is 0 Å². The van der Waals surface area contributed by atoms with Crippen molar-refractivity contribution >= 4 is 9.84 Å². The van der Waals surface area contributed by atoms with Gasteiger partial charge < -0.3 is 5.32 Å². The summed E-state index contributed by atoms with van der Waals surface area (Å²) >= 11 is 0. The molecule has 0 aromatic rings. The van der Waals surface area contributed by atoms with Crippen molar-refractivity contribution in [3.63, 3.8) is 0 Å². The summed E-state index contributed by atoms with van der Waals surface area (Å²) in [5.74, 6) is 1.64. The molecular formula is C11H21NO2S. The maximum atomic E-state index is 11.2. The van der Waals surface area contributed by atoms with E-state index in [9.17, 15) is 8.42 Å². The van der Waals surface area contributed by atoms with E-state index in [1.807, 2.05) is 0 Å². The number of hydrogen-bond donors (Lipinski definition) is 1. The molecule has 1 aliphatic heterocycles. The van der Waals surface area contributed by atoms with Crippen LogP contribution in [0.3, 0.4) is 0 Å². The van der Waals surface area contributed by atoms with E-state index in [1.165, 1.54) is 19.3 Å². The second-order valence-electron chi connectivity index (χ2n) is 4.98. The van der Waals surface area contributed by atoms with Crippen LogP contribution in [0.5, 0.6) is 0 Å². The Kier molecular flexibility index (Phi) is 3.36. The second kappa shape index (κ2) is 4.42. The Bertz CT molecular complexity index is 299. The molecule has 15 heavy (non-hydrogen) atoms. The van der Waals surface area contributed by atoms with Crippen molar-refractivity contribution in [2.45, 2.75) is 51.1 Å². The standard InChI is InChI=1S/C11H21NO2S/c1-2-3-9-8-11(9)12-10-4-6-15(13,14)7-5-10/h9-12H,2-8H2,1H3. The first-order valence-electron chi connectivity index (χ1n) is 6.07. The normalized spacial score (nSPS) is 35.3. The molecule has 0 aromatic heterocycles. The van der Waals surface area contributed by atoms with E-state index in [-0.39, 0.29) is 0 Å². The van der Waals surface area contributed by atoms with Gasteiger partial charge in [0.05, 0.1) is 11.5 Å². The molecule has 2 aliphatic rings. The summed E-state index contributed by atoms with van der Waals surface area (Å²) in [5, 5.41) is 3.60. The first-order chi connectivity index (χ1) is 7.11. The van der Waals surface area contributed by atoms with Gasteiger partial charge in [0.2, 0.25) is 0 Å². The topological polar surface area (TPSA) is 46.2 Å². The van der Waals surface area contributed by atoms with Crippen LogP contribution in [0.25, 0.3) is 0 Å². The van der Waals surface area contributed by atoms with Crippen LogP contribution in [0, 0.1) is 5.92 Å². The molecule has 0 amide bonds. The number of sulfone groups is 1. The minimum Gasteiger partial charge on any atom is -0.311 e. The van der Waals surface area contributed by atoms with Gasteiger partial charge in [-0.05, 0) is 31.6 Å². The first-order valence-corrected chi connectivity index (χ1v) is 7.89. The second-order valence-corrected chi connectivity index (χ2v) is 7.29. The Morgan fingerprint density at radius 2 is 1.93 bits per heavy atom. The van der Waals surface area contributed by atoms with E-state index in [4.69, 9.17) is 0 Å². The highest BCUT2D eigenvalue weighted by atomic mass is 32.2. The monoisotopic (exact) mass is 231 g/mol. The van der Waals surface area contributed by atoms with Gasteiger partial charge in [-0.25, -0.2) is 8.42 Å². The highest BCUT2D eigenvalue weighted by Crippen LogP contribution is 2.35. The molecule has 1 aliphatic carbocycles. The van der Waals surface area contributed by atoms with Crippen molar-refractivity contribution < 1.29 is 8.42 Å². The summed E-state index contributed by atoms with van der Waals surface area (Å²) in [6, 6.07) is 1.15. The fourth-order valence-corrected chi connectivity index (χ4v) is 3.99. The van der Waals surface area contributed by atoms with E-state index in [1.54, 1.807) is 0 Å². The van der Waals surface area contributed by atoms with Crippen molar-refractivity contribution in [2.24, 2.45) is 5.92 Å². The molecule has 3 nitrogen and oxygen atoms in total. The Balaban J connectivity index is 1.70. The molecule has 1 heterocycles. The summed E-state index contributed by atoms with van der Waals surface area (Å²) in [6.07, 6.45) is 5.52. The maximum absolute atomic E-state index is 11.2. The van der Waals surface area contributed by atoms with Gasteiger partial charge in [0, 0.05) is 12.1 Å². The molecule has 4 heteroatoms. The molecule has 0 aromatic carbocycles. The van der Waals surface area contributed by atoms with Gasteiger partial charge in [-0.3, -0.25) is 0 Å². The number of hydrogen-bond acceptors (Lipinski definition) is 3. The predicted molar refractivity (Wildman–Crippen MR) is 61.6 cm³/mol. The van der Waals surface area contributed by atoms with Crippen LogP contribution in [-0.2, 0) is 9.84 Å². The van der Waals surface area contributed by atoms with Crippen LogP contribution in [0.4, 0.5) is 0 Å². The molecule has 0 bridgehead atoms. The quantitative estimate of drug-likeness (QED) is 0.794. The van der Waals surface area contributed by atoms with E-state index >= 15 is 0 Å². The van der Waals surface area contributed by atoms with Crippen molar-refractivity contribution in [2.75, 3.05) is 11.5 Å². The summed E-state index contributed by atoms with van der Waals surface area (Å²) in [4.78, 5) is 0. The Labute approximate surface area is 92.6 Å². The first kappa shape index (κ1) is 11.4. The zero-order valence-corrected chi connectivity index (χ0v) is 10.2. The molecule has 1 saturated carbocycles. The third-order valence-electron chi connectivity index (χ3n) is 3.59. The lowest BCUT2D eigenvalue weighted by Crippen LogP contribution is -2.39. The molecule has 2 atom stereocenters. The molecule has 1 saturated heterocycles. The SMILES string of the molecule is CCCC1CC1NC1CCS(=O)(=O)CC1. The molecular weight excluding hydrogens is 210 g/mol. The van der Waals surface area contributed by atoms with Gasteiger partial charge in [-0.2, -0.15) is 0 Å². The van der Waals surface area contributed by atoms with Crippen molar-refractivity contribution in [1.29, 1.82) is 0 Å². The van der Waals surface area contributed by atoms with Crippen molar-refractivity contribution in [3.8, 4) is 0 Å². The van der Waals surface area contributed by atoms with Crippen LogP contribution < -0.4 is 5.32 Å². The van der Waals surface area contributed by atoms with Gasteiger partial charge >= 0.3 is 0 Å². The van der Waals surface area contributed by atoms with E-state index in [0.717, 1.165) is 18.8 Å². The minimum absolute atomic E-state index is 0.385. The van der Waals surface area contributed by atoms with Gasteiger partial charge in [0.25, 0.3) is 0 Å². The lowest BCUT2D eigenvalue weighted by atomic mass is 10.1. The van der Waals surface area contributed by atoms with E-state index < -0.39 is 9.84 Å². The zero-order chi connectivity index (χ0) is 10.9. The van der Waals surface area contributed by atoms with Gasteiger partial charge in [-0.1, -0.05) is 13.3 Å². The summed E-state index contributed by atoms with van der Waals surface area (Å²) < 4.78 is 22.5. The Hall–Kier alpha value is -0.0900. The number of nitrogens with one attached hydrogen (secondary N) is 1. The molecule has 0 radical (unpaired) electrons. The highest BCUT2D eigenvalue weighted by Gasteiger charge is 2.38. The summed E-state index contributed by atoms with van der Waals surface area (Å²) in [5.41, 5.74) is 0. The fourth-order valence-electron chi connectivity index (χ4n) is 2.50. The van der Waals surface area contributed by atoms with Crippen LogP contribution in [0.1, 0.15) is 39.0 Å². The van der Waals surface area contributed by atoms with Crippen LogP contribution in [0.2, 0.25) is 0 Å². The summed E-state index contributed by atoms with van der Waals surface area (Å²) in [6.45, 7) is 2.22. The molecule has 2 rings (SSSR count). The zero-order valence-electron chi connectivity index (χ0n) is 9.41. The minimum atomic E-state index is -2.69. The van der Waals surface area contributed by atoms with Crippen LogP contribution >= 0.6 is 0 Å². The molecule has 2 unspecified atom stereocenters. The van der Waals surface area contributed by atoms with Crippen LogP contribution in [-0.4, -0.2) is 32.0 Å². The maximum Gasteiger partial charge on any atom is 0.150 e. The average Bonchev–Trinajstić information content (AvgIpc) is 2.89. The molecule has 88 valence electrons. The molecule has 2 fully saturated rings. The Morgan fingerprint density at radius 3 is 2.53 bits per heavy atom. The van der Waals surface area contributed by atoms with Gasteiger partial charge in [-0.15, -0.1) is 0 Å². The van der Waals surface area contributed by atoms with Gasteiger partial charge in [0.15, 0.2) is 0 Å². The fraction of sp³-hybridized carbons (Fsp3) is 1.00. The summed E-state index contributed by atoms with van der Waals surface area (Å²) in [7, 11) is -2.69. The smallest absolute Gasteiger partial charge is 0.150 e. The third-order valence-corrected chi connectivity index (χ3v) is 5.30. The molecule has 0 spiro atoms. The molecule has 1 N–H and O–H groups in total. The highest BCUT2D eigenvalue weighted by molar-refractivity contribution is 7.91. The largest absolute Gasteiger partial charge is 0.311 e. The third kappa shape index (κ3) is 3.18. The number of rotatable bonds is 4. The lowest BCUT2D eigenvalue weighted by Gasteiger charge is -2.23. The lowest BCUT2D eigenvalue weighted by molar-refractivity contribution is 0.446. The predicted octanol–water partition coefficient (Wildman–Crippen LogP) is 1.34. The van der Waals surface area contributed by atoms with E-state index in [0.29, 0.717) is 23.6 Å². The Morgan fingerprint density at radius 1 is 1.27 bits per heavy atom. The van der Waals surface area contributed by atoms with Crippen molar-refractivity contribution in [1.82, 2.24) is 5.32 Å². The van der Waals surface area contributed by atoms with Gasteiger partial charge in [0.1, 0.15) is 9.84 Å². The van der Waals surface area contributed by atoms with Crippen molar-refractivity contribution in [3.05, 3.63) is 0 Å². The van der Waals surface area contributed by atoms with E-state index in [2.05, 4.69) is 12.2 Å². The average molecular weight is 231 g/mol.